The third kappa shape index (κ3) is 4.06. The first-order valence-corrected chi connectivity index (χ1v) is 11.3. The summed E-state index contributed by atoms with van der Waals surface area (Å²) in [4.78, 5) is 39.8. The Morgan fingerprint density at radius 3 is 2.12 bits per heavy atom. The zero-order valence-corrected chi connectivity index (χ0v) is 18.6. The number of amides is 1. The second-order valence-corrected chi connectivity index (χ2v) is 8.52. The van der Waals surface area contributed by atoms with Crippen LogP contribution in [0.15, 0.2) is 37.2 Å². The monoisotopic (exact) mass is 432 g/mol. The molecule has 0 N–H and O–H groups in total. The molecule has 9 nitrogen and oxygen atoms in total. The minimum absolute atomic E-state index is 0.0309. The van der Waals surface area contributed by atoms with Gasteiger partial charge in [-0.1, -0.05) is 6.92 Å². The highest BCUT2D eigenvalue weighted by Gasteiger charge is 2.39. The predicted octanol–water partition coefficient (Wildman–Crippen LogP) is 2.60. The molecular formula is C23H28N8O. The lowest BCUT2D eigenvalue weighted by atomic mass is 10.0. The first kappa shape index (κ1) is 20.5. The van der Waals surface area contributed by atoms with Gasteiger partial charge in [0.05, 0.1) is 5.56 Å². The average Bonchev–Trinajstić information content (AvgIpc) is 3.58. The normalized spacial score (nSPS) is 16.9. The zero-order chi connectivity index (χ0) is 22.1. The number of hydrogen-bond donors (Lipinski definition) is 0. The fourth-order valence-electron chi connectivity index (χ4n) is 4.31. The van der Waals surface area contributed by atoms with Gasteiger partial charge in [0, 0.05) is 62.4 Å². The summed E-state index contributed by atoms with van der Waals surface area (Å²) in [6, 6.07) is 0.548. The predicted molar refractivity (Wildman–Crippen MR) is 120 cm³/mol. The maximum Gasteiger partial charge on any atom is 0.257 e. The summed E-state index contributed by atoms with van der Waals surface area (Å²) in [5.74, 6) is 2.15. The van der Waals surface area contributed by atoms with Gasteiger partial charge in [-0.05, 0) is 44.6 Å². The third-order valence-corrected chi connectivity index (χ3v) is 6.34. The van der Waals surface area contributed by atoms with E-state index in [2.05, 4.69) is 41.6 Å². The van der Waals surface area contributed by atoms with Gasteiger partial charge in [0.15, 0.2) is 0 Å². The van der Waals surface area contributed by atoms with Gasteiger partial charge in [-0.3, -0.25) is 9.36 Å². The first-order chi connectivity index (χ1) is 15.6. The lowest BCUT2D eigenvalue weighted by molar-refractivity contribution is 0.0629. The number of aromatic nitrogens is 6. The number of rotatable bonds is 6. The van der Waals surface area contributed by atoms with Crippen LogP contribution in [0, 0.1) is 6.92 Å². The molecule has 5 rings (SSSR count). The van der Waals surface area contributed by atoms with Crippen molar-refractivity contribution in [3.05, 3.63) is 54.1 Å². The number of carbonyl (C=O) groups is 1. The van der Waals surface area contributed by atoms with E-state index in [-0.39, 0.29) is 11.9 Å². The molecule has 1 saturated heterocycles. The highest BCUT2D eigenvalue weighted by atomic mass is 16.2. The lowest BCUT2D eigenvalue weighted by Gasteiger charge is -2.38. The van der Waals surface area contributed by atoms with E-state index in [0.29, 0.717) is 17.6 Å². The maximum atomic E-state index is 13.4. The molecule has 1 aliphatic carbocycles. The Labute approximate surface area is 187 Å². The molecular weight excluding hydrogens is 404 g/mol. The van der Waals surface area contributed by atoms with Gasteiger partial charge in [0.1, 0.15) is 5.82 Å². The summed E-state index contributed by atoms with van der Waals surface area (Å²) < 4.78 is 1.80. The SMILES string of the molecule is CCc1cnc(N2CCC(N(C(=O)c3cnc(-n4ccnc4C)nc3)C3CC3)CC2)nc1. The molecule has 1 aliphatic heterocycles. The van der Waals surface area contributed by atoms with Crippen LogP contribution in [-0.4, -0.2) is 65.5 Å². The van der Waals surface area contributed by atoms with Crippen molar-refractivity contribution >= 4 is 11.9 Å². The number of carbonyl (C=O) groups excluding carboxylic acids is 1. The van der Waals surface area contributed by atoms with Crippen LogP contribution in [0.5, 0.6) is 0 Å². The van der Waals surface area contributed by atoms with Crippen LogP contribution in [0.3, 0.4) is 0 Å². The number of nitrogens with zero attached hydrogens (tertiary/aromatic N) is 8. The molecule has 0 spiro atoms. The summed E-state index contributed by atoms with van der Waals surface area (Å²) in [6.45, 7) is 5.70. The van der Waals surface area contributed by atoms with E-state index in [0.717, 1.165) is 62.5 Å². The third-order valence-electron chi connectivity index (χ3n) is 6.34. The quantitative estimate of drug-likeness (QED) is 0.591. The topological polar surface area (TPSA) is 92.9 Å². The van der Waals surface area contributed by atoms with E-state index in [1.165, 1.54) is 0 Å². The van der Waals surface area contributed by atoms with Crippen molar-refractivity contribution in [2.24, 2.45) is 0 Å². The smallest absolute Gasteiger partial charge is 0.257 e. The Morgan fingerprint density at radius 2 is 1.56 bits per heavy atom. The zero-order valence-electron chi connectivity index (χ0n) is 18.6. The maximum absolute atomic E-state index is 13.4. The Kier molecular flexibility index (Phi) is 5.55. The second kappa shape index (κ2) is 8.64. The van der Waals surface area contributed by atoms with Crippen molar-refractivity contribution in [1.82, 2.24) is 34.4 Å². The van der Waals surface area contributed by atoms with Gasteiger partial charge in [-0.25, -0.2) is 24.9 Å². The van der Waals surface area contributed by atoms with Gasteiger partial charge >= 0.3 is 0 Å². The van der Waals surface area contributed by atoms with Crippen molar-refractivity contribution in [2.75, 3.05) is 18.0 Å². The fraction of sp³-hybridized carbons (Fsp3) is 0.478. The van der Waals surface area contributed by atoms with Crippen LogP contribution >= 0.6 is 0 Å². The highest BCUT2D eigenvalue weighted by Crippen LogP contribution is 2.33. The van der Waals surface area contributed by atoms with E-state index in [1.807, 2.05) is 25.5 Å². The van der Waals surface area contributed by atoms with E-state index in [1.54, 1.807) is 23.2 Å². The Morgan fingerprint density at radius 1 is 0.938 bits per heavy atom. The van der Waals surface area contributed by atoms with Crippen LogP contribution in [-0.2, 0) is 6.42 Å². The van der Waals surface area contributed by atoms with Crippen LogP contribution in [0.2, 0.25) is 0 Å². The number of piperidine rings is 1. The van der Waals surface area contributed by atoms with Gasteiger partial charge in [0.2, 0.25) is 11.9 Å². The molecule has 0 unspecified atom stereocenters. The molecule has 1 amide bonds. The molecule has 166 valence electrons. The van der Waals surface area contributed by atoms with E-state index in [4.69, 9.17) is 0 Å². The lowest BCUT2D eigenvalue weighted by Crippen LogP contribution is -2.49. The van der Waals surface area contributed by atoms with Crippen molar-refractivity contribution in [3.63, 3.8) is 0 Å². The molecule has 0 radical (unpaired) electrons. The van der Waals surface area contributed by atoms with Gasteiger partial charge < -0.3 is 9.80 Å². The standard InChI is InChI=1S/C23H28N8O/c1-3-17-12-25-22(26-13-17)29-9-6-20(7-10-29)31(19-4-5-19)21(32)18-14-27-23(28-15-18)30-11-8-24-16(30)2/h8,11-15,19-20H,3-7,9-10H2,1-2H3. The van der Waals surface area contributed by atoms with Crippen molar-refractivity contribution < 1.29 is 4.79 Å². The summed E-state index contributed by atoms with van der Waals surface area (Å²) >= 11 is 0. The van der Waals surface area contributed by atoms with Gasteiger partial charge in [0.25, 0.3) is 5.91 Å². The molecule has 9 heteroatoms. The number of hydrogen-bond acceptors (Lipinski definition) is 7. The first-order valence-electron chi connectivity index (χ1n) is 11.3. The largest absolute Gasteiger partial charge is 0.341 e. The summed E-state index contributed by atoms with van der Waals surface area (Å²) in [6.07, 6.45) is 15.5. The molecule has 0 bridgehead atoms. The van der Waals surface area contributed by atoms with Crippen LogP contribution in [0.1, 0.15) is 54.4 Å². The minimum Gasteiger partial charge on any atom is -0.341 e. The molecule has 1 saturated carbocycles. The summed E-state index contributed by atoms with van der Waals surface area (Å²) in [5.41, 5.74) is 1.69. The van der Waals surface area contributed by atoms with Crippen molar-refractivity contribution in [2.45, 2.75) is 58.0 Å². The number of anilines is 1. The number of aryl methyl sites for hydroxylation is 2. The van der Waals surface area contributed by atoms with Crippen molar-refractivity contribution in [3.8, 4) is 5.95 Å². The van der Waals surface area contributed by atoms with E-state index < -0.39 is 0 Å². The van der Waals surface area contributed by atoms with Gasteiger partial charge in [-0.2, -0.15) is 0 Å². The Hall–Kier alpha value is -3.36. The van der Waals surface area contributed by atoms with E-state index in [9.17, 15) is 4.79 Å². The number of imidazole rings is 1. The minimum atomic E-state index is 0.0309. The molecule has 0 aromatic carbocycles. The van der Waals surface area contributed by atoms with Gasteiger partial charge in [-0.15, -0.1) is 0 Å². The molecule has 3 aromatic rings. The van der Waals surface area contributed by atoms with Crippen molar-refractivity contribution in [1.29, 1.82) is 0 Å². The molecule has 32 heavy (non-hydrogen) atoms. The van der Waals surface area contributed by atoms with Crippen LogP contribution in [0.4, 0.5) is 5.95 Å². The Bertz CT molecular complexity index is 1070. The fourth-order valence-corrected chi connectivity index (χ4v) is 4.31. The molecule has 4 heterocycles. The van der Waals surface area contributed by atoms with Crippen LogP contribution < -0.4 is 4.90 Å². The molecule has 3 aromatic heterocycles. The van der Waals surface area contributed by atoms with E-state index >= 15 is 0 Å². The molecule has 0 atom stereocenters. The highest BCUT2D eigenvalue weighted by molar-refractivity contribution is 5.94. The molecule has 2 aliphatic rings. The Balaban J connectivity index is 1.27. The van der Waals surface area contributed by atoms with Crippen LogP contribution in [0.25, 0.3) is 5.95 Å². The summed E-state index contributed by atoms with van der Waals surface area (Å²) in [7, 11) is 0. The average molecular weight is 433 g/mol. The summed E-state index contributed by atoms with van der Waals surface area (Å²) in [5, 5.41) is 0. The second-order valence-electron chi connectivity index (χ2n) is 8.52. The molecule has 2 fully saturated rings.